The molecule has 0 saturated carbocycles. The van der Waals surface area contributed by atoms with E-state index in [1.165, 1.54) is 0 Å². The van der Waals surface area contributed by atoms with Crippen LogP contribution in [0.3, 0.4) is 0 Å². The number of nitrogens with zero attached hydrogens (tertiary/aromatic N) is 1. The van der Waals surface area contributed by atoms with Gasteiger partial charge in [0.2, 0.25) is 0 Å². The lowest BCUT2D eigenvalue weighted by atomic mass is 10.2. The van der Waals surface area contributed by atoms with Gasteiger partial charge < -0.3 is 24.8 Å². The second-order valence-electron chi connectivity index (χ2n) is 6.75. The van der Waals surface area contributed by atoms with Gasteiger partial charge in [-0.05, 0) is 42.8 Å². The maximum Gasteiger partial charge on any atom is 0.319 e. The first-order chi connectivity index (χ1) is 14.6. The Hall–Kier alpha value is -3.48. The van der Waals surface area contributed by atoms with Crippen molar-refractivity contribution in [3.63, 3.8) is 0 Å². The number of unbranched alkanes of at least 4 members (excludes halogenated alkanes) is 2. The number of nitrogens with one attached hydrogen (secondary N) is 2. The number of aromatic nitrogens is 1. The van der Waals surface area contributed by atoms with Gasteiger partial charge in [-0.3, -0.25) is 4.98 Å². The zero-order valence-corrected chi connectivity index (χ0v) is 17.5. The van der Waals surface area contributed by atoms with E-state index in [1.54, 1.807) is 50.7 Å². The Kier molecular flexibility index (Phi) is 7.32. The van der Waals surface area contributed by atoms with Gasteiger partial charge in [-0.15, -0.1) is 0 Å². The first-order valence-corrected chi connectivity index (χ1v) is 9.98. The molecule has 1 heterocycles. The fraction of sp³-hybridized carbons (Fsp3) is 0.304. The van der Waals surface area contributed by atoms with E-state index < -0.39 is 0 Å². The van der Waals surface area contributed by atoms with Crippen LogP contribution in [0.15, 0.2) is 48.7 Å². The van der Waals surface area contributed by atoms with Crippen molar-refractivity contribution in [3.05, 3.63) is 48.7 Å². The minimum Gasteiger partial charge on any atom is -0.493 e. The summed E-state index contributed by atoms with van der Waals surface area (Å²) in [5.41, 5.74) is 1.43. The minimum absolute atomic E-state index is 0.207. The third kappa shape index (κ3) is 5.31. The molecular weight excluding hydrogens is 382 g/mol. The highest BCUT2D eigenvalue weighted by Crippen LogP contribution is 2.36. The van der Waals surface area contributed by atoms with E-state index in [2.05, 4.69) is 22.5 Å². The van der Waals surface area contributed by atoms with Gasteiger partial charge >= 0.3 is 6.03 Å². The van der Waals surface area contributed by atoms with E-state index in [9.17, 15) is 4.79 Å². The van der Waals surface area contributed by atoms with Gasteiger partial charge in [-0.2, -0.15) is 0 Å². The molecule has 2 N–H and O–H groups in total. The number of urea groups is 1. The molecule has 7 heteroatoms. The molecule has 30 heavy (non-hydrogen) atoms. The third-order valence-corrected chi connectivity index (χ3v) is 4.61. The predicted molar refractivity (Wildman–Crippen MR) is 118 cm³/mol. The van der Waals surface area contributed by atoms with E-state index in [1.807, 2.05) is 12.1 Å². The quantitative estimate of drug-likeness (QED) is 0.465. The van der Waals surface area contributed by atoms with E-state index in [0.29, 0.717) is 35.2 Å². The van der Waals surface area contributed by atoms with Crippen LogP contribution in [0.5, 0.6) is 23.0 Å². The summed E-state index contributed by atoms with van der Waals surface area (Å²) in [6.45, 7) is 2.80. The molecule has 3 rings (SSSR count). The van der Waals surface area contributed by atoms with Crippen LogP contribution < -0.4 is 24.8 Å². The molecule has 1 aromatic heterocycles. The van der Waals surface area contributed by atoms with Crippen LogP contribution in [-0.4, -0.2) is 31.8 Å². The van der Waals surface area contributed by atoms with E-state index >= 15 is 0 Å². The van der Waals surface area contributed by atoms with Crippen LogP contribution in [-0.2, 0) is 0 Å². The second-order valence-corrected chi connectivity index (χ2v) is 6.75. The zero-order valence-electron chi connectivity index (χ0n) is 17.5. The molecule has 7 nitrogen and oxygen atoms in total. The monoisotopic (exact) mass is 409 g/mol. The van der Waals surface area contributed by atoms with E-state index in [-0.39, 0.29) is 6.03 Å². The number of fused-ring (bicyclic) bond motifs is 1. The van der Waals surface area contributed by atoms with Crippen molar-refractivity contribution in [2.45, 2.75) is 26.2 Å². The van der Waals surface area contributed by atoms with Crippen LogP contribution in [0.4, 0.5) is 10.5 Å². The lowest BCUT2D eigenvalue weighted by Crippen LogP contribution is -2.29. The number of amides is 2. The van der Waals surface area contributed by atoms with E-state index in [4.69, 9.17) is 14.2 Å². The van der Waals surface area contributed by atoms with Crippen molar-refractivity contribution in [2.24, 2.45) is 0 Å². The standard InChI is InChI=1S/C23H27N3O4/c1-4-5-6-12-25-23(27)26-16-7-9-17(10-8-16)30-20-11-13-24-19-15-22(29-3)21(28-2)14-18(19)20/h7-11,13-15H,4-6,12H2,1-3H3,(H2,25,26,27). The van der Waals surface area contributed by atoms with Crippen molar-refractivity contribution in [3.8, 4) is 23.0 Å². The Labute approximate surface area is 176 Å². The van der Waals surface area contributed by atoms with Gasteiger partial charge in [-0.1, -0.05) is 19.8 Å². The average Bonchev–Trinajstić information content (AvgIpc) is 2.77. The summed E-state index contributed by atoms with van der Waals surface area (Å²) in [5, 5.41) is 6.48. The summed E-state index contributed by atoms with van der Waals surface area (Å²) in [6.07, 6.45) is 4.89. The number of methoxy groups -OCH3 is 2. The summed E-state index contributed by atoms with van der Waals surface area (Å²) in [4.78, 5) is 16.3. The molecule has 158 valence electrons. The molecule has 0 aliphatic heterocycles. The fourth-order valence-corrected chi connectivity index (χ4v) is 3.02. The van der Waals surface area contributed by atoms with E-state index in [0.717, 1.165) is 30.2 Å². The summed E-state index contributed by atoms with van der Waals surface area (Å²) in [6, 6.07) is 12.5. The van der Waals surface area contributed by atoms with Crippen LogP contribution in [0, 0.1) is 0 Å². The highest BCUT2D eigenvalue weighted by Gasteiger charge is 2.11. The van der Waals surface area contributed by atoms with Gasteiger partial charge in [0.1, 0.15) is 11.5 Å². The number of hydrogen-bond donors (Lipinski definition) is 2. The smallest absolute Gasteiger partial charge is 0.319 e. The first kappa shape index (κ1) is 21.2. The predicted octanol–water partition coefficient (Wildman–Crippen LogP) is 5.36. The summed E-state index contributed by atoms with van der Waals surface area (Å²) < 4.78 is 16.8. The number of rotatable bonds is 9. The van der Waals surface area contributed by atoms with Gasteiger partial charge in [0.05, 0.1) is 19.7 Å². The Morgan fingerprint density at radius 1 is 0.967 bits per heavy atom. The molecule has 2 amide bonds. The lowest BCUT2D eigenvalue weighted by Gasteiger charge is -2.13. The Balaban J connectivity index is 1.69. The second kappa shape index (κ2) is 10.3. The Morgan fingerprint density at radius 2 is 1.70 bits per heavy atom. The molecule has 0 fully saturated rings. The van der Waals surface area contributed by atoms with Crippen LogP contribution in [0.2, 0.25) is 0 Å². The minimum atomic E-state index is -0.207. The van der Waals surface area contributed by atoms with Crippen molar-refractivity contribution in [1.82, 2.24) is 10.3 Å². The van der Waals surface area contributed by atoms with Gasteiger partial charge in [0, 0.05) is 29.9 Å². The topological polar surface area (TPSA) is 81.7 Å². The van der Waals surface area contributed by atoms with Crippen molar-refractivity contribution >= 4 is 22.6 Å². The van der Waals surface area contributed by atoms with Crippen molar-refractivity contribution in [1.29, 1.82) is 0 Å². The molecule has 0 aliphatic carbocycles. The largest absolute Gasteiger partial charge is 0.493 e. The van der Waals surface area contributed by atoms with Gasteiger partial charge in [0.15, 0.2) is 11.5 Å². The Morgan fingerprint density at radius 3 is 2.40 bits per heavy atom. The SMILES string of the molecule is CCCCCNC(=O)Nc1ccc(Oc2ccnc3cc(OC)c(OC)cc23)cc1. The number of carbonyl (C=O) groups is 1. The number of pyridine rings is 1. The highest BCUT2D eigenvalue weighted by atomic mass is 16.5. The van der Waals surface area contributed by atoms with Crippen LogP contribution in [0.1, 0.15) is 26.2 Å². The number of benzene rings is 2. The summed E-state index contributed by atoms with van der Waals surface area (Å²) in [5.74, 6) is 2.51. The van der Waals surface area contributed by atoms with Gasteiger partial charge in [-0.25, -0.2) is 4.79 Å². The molecule has 0 radical (unpaired) electrons. The fourth-order valence-electron chi connectivity index (χ4n) is 3.02. The molecule has 0 bridgehead atoms. The lowest BCUT2D eigenvalue weighted by molar-refractivity contribution is 0.252. The maximum atomic E-state index is 11.9. The summed E-state index contributed by atoms with van der Waals surface area (Å²) >= 11 is 0. The highest BCUT2D eigenvalue weighted by molar-refractivity contribution is 5.89. The van der Waals surface area contributed by atoms with Crippen LogP contribution >= 0.6 is 0 Å². The molecule has 0 saturated heterocycles. The normalized spacial score (nSPS) is 10.5. The van der Waals surface area contributed by atoms with Crippen molar-refractivity contribution in [2.75, 3.05) is 26.1 Å². The molecule has 0 aliphatic rings. The summed E-state index contributed by atoms with van der Waals surface area (Å²) in [7, 11) is 3.18. The zero-order chi connectivity index (χ0) is 21.3. The Bertz CT molecular complexity index is 990. The number of anilines is 1. The molecule has 0 unspecified atom stereocenters. The van der Waals surface area contributed by atoms with Crippen molar-refractivity contribution < 1.29 is 19.0 Å². The number of ether oxygens (including phenoxy) is 3. The maximum absolute atomic E-state index is 11.9. The molecule has 0 spiro atoms. The van der Waals surface area contributed by atoms with Gasteiger partial charge in [0.25, 0.3) is 0 Å². The molecule has 2 aromatic carbocycles. The number of carbonyl (C=O) groups excluding carboxylic acids is 1. The molecular formula is C23H27N3O4. The molecule has 3 aromatic rings. The molecule has 0 atom stereocenters. The third-order valence-electron chi connectivity index (χ3n) is 4.61. The average molecular weight is 409 g/mol. The van der Waals surface area contributed by atoms with Crippen LogP contribution in [0.25, 0.3) is 10.9 Å². The first-order valence-electron chi connectivity index (χ1n) is 9.98. The number of hydrogen-bond acceptors (Lipinski definition) is 5.